The molecule has 0 fully saturated rings. The summed E-state index contributed by atoms with van der Waals surface area (Å²) in [6, 6.07) is 14.7. The lowest BCUT2D eigenvalue weighted by molar-refractivity contribution is -0.263. The summed E-state index contributed by atoms with van der Waals surface area (Å²) in [5.74, 6) is -0.743. The number of nitrogens with one attached hydrogen (secondary N) is 1. The average molecular weight is 556 g/mol. The lowest BCUT2D eigenvalue weighted by Crippen LogP contribution is -2.50. The van der Waals surface area contributed by atoms with Crippen LogP contribution in [0.25, 0.3) is 11.3 Å². The Balaban J connectivity index is 2.10. The number of alkyl carbamates (subject to hydrolysis) is 1. The fourth-order valence-electron chi connectivity index (χ4n) is 3.69. The first-order valence-electron chi connectivity index (χ1n) is 11.3. The monoisotopic (exact) mass is 555 g/mol. The van der Waals surface area contributed by atoms with Gasteiger partial charge in [0, 0.05) is 19.2 Å². The molecule has 12 heteroatoms. The quantitative estimate of drug-likeness (QED) is 0.320. The molecular weight excluding hydrogens is 530 g/mol. The molecule has 1 amide bonds. The molecule has 4 N–H and O–H groups in total. The Morgan fingerprint density at radius 2 is 1.82 bits per heavy atom. The number of aliphatic hydroxyl groups is 1. The van der Waals surface area contributed by atoms with E-state index in [1.54, 1.807) is 30.3 Å². The highest BCUT2D eigenvalue weighted by Gasteiger charge is 2.55. The number of aromatic nitrogens is 1. The molecule has 0 aliphatic rings. The average Bonchev–Trinajstić information content (AvgIpc) is 2.88. The lowest BCUT2D eigenvalue weighted by atomic mass is 9.88. The van der Waals surface area contributed by atoms with Gasteiger partial charge in [0.05, 0.1) is 28.6 Å². The first-order chi connectivity index (χ1) is 17.8. The number of methoxy groups -OCH3 is 1. The summed E-state index contributed by atoms with van der Waals surface area (Å²) in [6.45, 7) is 0.00520. The predicted octanol–water partition coefficient (Wildman–Crippen LogP) is 5.04. The summed E-state index contributed by atoms with van der Waals surface area (Å²) in [4.78, 5) is 16.7. The largest absolute Gasteiger partial charge is 0.445 e. The third-order valence-electron chi connectivity index (χ3n) is 5.89. The van der Waals surface area contributed by atoms with E-state index < -0.39 is 41.5 Å². The Kier molecular flexibility index (Phi) is 8.98. The molecule has 38 heavy (non-hydrogen) atoms. The van der Waals surface area contributed by atoms with Gasteiger partial charge in [-0.15, -0.1) is 0 Å². The molecule has 0 aliphatic heterocycles. The Morgan fingerprint density at radius 1 is 1.13 bits per heavy atom. The van der Waals surface area contributed by atoms with Gasteiger partial charge in [-0.1, -0.05) is 41.9 Å². The predicted molar refractivity (Wildman–Crippen MR) is 133 cm³/mol. The molecule has 2 unspecified atom stereocenters. The Bertz CT molecular complexity index is 1280. The molecule has 0 aliphatic carbocycles. The van der Waals surface area contributed by atoms with E-state index in [4.69, 9.17) is 26.8 Å². The number of nitrogens with zero attached hydrogens (tertiary/aromatic N) is 1. The number of hydrogen-bond acceptors (Lipinski definition) is 6. The van der Waals surface area contributed by atoms with Crippen LogP contribution < -0.4 is 11.1 Å². The van der Waals surface area contributed by atoms with Crippen LogP contribution >= 0.6 is 11.6 Å². The van der Waals surface area contributed by atoms with Crippen molar-refractivity contribution in [1.82, 2.24) is 10.3 Å². The zero-order chi connectivity index (χ0) is 28.1. The van der Waals surface area contributed by atoms with Gasteiger partial charge in [0.15, 0.2) is 0 Å². The van der Waals surface area contributed by atoms with Crippen molar-refractivity contribution in [2.75, 3.05) is 20.3 Å². The molecule has 204 valence electrons. The van der Waals surface area contributed by atoms with Gasteiger partial charge in [0.2, 0.25) is 5.60 Å². The van der Waals surface area contributed by atoms with Crippen molar-refractivity contribution >= 4 is 17.7 Å². The molecule has 0 radical (unpaired) electrons. The highest BCUT2D eigenvalue weighted by Crippen LogP contribution is 2.40. The Morgan fingerprint density at radius 3 is 2.39 bits per heavy atom. The van der Waals surface area contributed by atoms with Crippen molar-refractivity contribution in [2.24, 2.45) is 5.73 Å². The minimum absolute atomic E-state index is 0.0579. The van der Waals surface area contributed by atoms with Crippen molar-refractivity contribution in [1.29, 1.82) is 0 Å². The zero-order valence-electron chi connectivity index (χ0n) is 20.5. The maximum Gasteiger partial charge on any atom is 0.424 e. The number of nitrogens with two attached hydrogens (primary N) is 1. The normalized spacial score (nSPS) is 14.9. The number of carbonyl (C=O) groups excluding carboxylic acids is 1. The molecule has 0 saturated carbocycles. The number of halogens is 5. The van der Waals surface area contributed by atoms with Crippen molar-refractivity contribution in [3.05, 3.63) is 88.3 Å². The number of amides is 1. The fourth-order valence-corrected chi connectivity index (χ4v) is 3.88. The first kappa shape index (κ1) is 29.3. The molecule has 0 spiro atoms. The Labute approximate surface area is 221 Å². The lowest BCUT2D eigenvalue weighted by Gasteiger charge is -2.33. The number of ether oxygens (including phenoxy) is 2. The molecule has 7 nitrogen and oxygen atoms in total. The zero-order valence-corrected chi connectivity index (χ0v) is 21.2. The van der Waals surface area contributed by atoms with Gasteiger partial charge in [-0.05, 0) is 48.4 Å². The molecule has 0 bridgehead atoms. The van der Waals surface area contributed by atoms with Gasteiger partial charge in [0.1, 0.15) is 12.4 Å². The van der Waals surface area contributed by atoms with E-state index >= 15 is 0 Å². The summed E-state index contributed by atoms with van der Waals surface area (Å²) in [5.41, 5.74) is 0.411. The van der Waals surface area contributed by atoms with Crippen LogP contribution in [0.5, 0.6) is 0 Å². The summed E-state index contributed by atoms with van der Waals surface area (Å²) < 4.78 is 66.1. The van der Waals surface area contributed by atoms with E-state index in [0.717, 1.165) is 17.7 Å². The van der Waals surface area contributed by atoms with E-state index in [1.165, 1.54) is 32.2 Å². The number of pyridine rings is 1. The summed E-state index contributed by atoms with van der Waals surface area (Å²) in [5, 5.41) is 12.9. The van der Waals surface area contributed by atoms with Crippen molar-refractivity contribution in [3.63, 3.8) is 0 Å². The van der Waals surface area contributed by atoms with E-state index in [2.05, 4.69) is 10.3 Å². The van der Waals surface area contributed by atoms with Gasteiger partial charge in [-0.3, -0.25) is 0 Å². The van der Waals surface area contributed by atoms with Gasteiger partial charge < -0.3 is 25.6 Å². The van der Waals surface area contributed by atoms with Gasteiger partial charge in [-0.25, -0.2) is 14.2 Å². The van der Waals surface area contributed by atoms with Crippen LogP contribution in [0.1, 0.15) is 23.7 Å². The molecule has 3 rings (SSSR count). The van der Waals surface area contributed by atoms with E-state index in [0.29, 0.717) is 0 Å². The van der Waals surface area contributed by atoms with Crippen LogP contribution in [0.15, 0.2) is 60.7 Å². The third kappa shape index (κ3) is 6.41. The van der Waals surface area contributed by atoms with Crippen molar-refractivity contribution in [3.8, 4) is 11.3 Å². The van der Waals surface area contributed by atoms with Crippen LogP contribution in [0, 0.1) is 5.82 Å². The van der Waals surface area contributed by atoms with Crippen LogP contribution in [0.4, 0.5) is 22.4 Å². The topological polar surface area (TPSA) is 107 Å². The first-order valence-corrected chi connectivity index (χ1v) is 11.7. The number of rotatable bonds is 9. The molecule has 1 aromatic heterocycles. The SMILES string of the molecule is COCC(C)(NC(=O)OCc1ccccc1)c1cc(-c2ccc(F)c(Cl)c2)nc(C(O)(CN)C(F)(F)F)c1. The maximum absolute atomic E-state index is 13.9. The summed E-state index contributed by atoms with van der Waals surface area (Å²) in [7, 11) is 1.34. The van der Waals surface area contributed by atoms with Gasteiger partial charge >= 0.3 is 12.3 Å². The molecule has 1 heterocycles. The number of carbonyl (C=O) groups is 1. The van der Waals surface area contributed by atoms with E-state index in [-0.39, 0.29) is 35.1 Å². The second-order valence-electron chi connectivity index (χ2n) is 8.77. The second-order valence-corrected chi connectivity index (χ2v) is 9.18. The van der Waals surface area contributed by atoms with Crippen LogP contribution in [-0.2, 0) is 27.2 Å². The molecule has 2 atom stereocenters. The molecule has 3 aromatic rings. The number of hydrogen-bond donors (Lipinski definition) is 3. The molecule has 0 saturated heterocycles. The van der Waals surface area contributed by atoms with Crippen LogP contribution in [-0.4, -0.2) is 42.6 Å². The maximum atomic E-state index is 13.9. The summed E-state index contributed by atoms with van der Waals surface area (Å²) in [6.07, 6.45) is -6.06. The molecule has 2 aromatic carbocycles. The highest BCUT2D eigenvalue weighted by atomic mass is 35.5. The molecular formula is C26H26ClF4N3O4. The van der Waals surface area contributed by atoms with E-state index in [9.17, 15) is 27.5 Å². The number of alkyl halides is 3. The van der Waals surface area contributed by atoms with Crippen LogP contribution in [0.3, 0.4) is 0 Å². The highest BCUT2D eigenvalue weighted by molar-refractivity contribution is 6.31. The van der Waals surface area contributed by atoms with Crippen molar-refractivity contribution in [2.45, 2.75) is 30.8 Å². The Hall–Kier alpha value is -3.25. The van der Waals surface area contributed by atoms with E-state index in [1.807, 2.05) is 0 Å². The smallest absolute Gasteiger partial charge is 0.424 e. The van der Waals surface area contributed by atoms with Crippen molar-refractivity contribution < 1.29 is 36.9 Å². The fraction of sp³-hybridized carbons (Fsp3) is 0.308. The second kappa shape index (κ2) is 11.6. The summed E-state index contributed by atoms with van der Waals surface area (Å²) >= 11 is 5.88. The third-order valence-corrected chi connectivity index (χ3v) is 6.18. The van der Waals surface area contributed by atoms with Crippen LogP contribution in [0.2, 0.25) is 5.02 Å². The minimum atomic E-state index is -5.19. The van der Waals surface area contributed by atoms with Gasteiger partial charge in [0.25, 0.3) is 0 Å². The van der Waals surface area contributed by atoms with Gasteiger partial charge in [-0.2, -0.15) is 13.2 Å². The minimum Gasteiger partial charge on any atom is -0.445 e. The standard InChI is InChI=1S/C26H26ClF4N3O4/c1-24(15-37-2,34-23(35)38-13-16-6-4-3-5-7-16)18-11-21(17-8-9-20(28)19(27)10-17)33-22(12-18)25(36,14-32)26(29,30)31/h3-12,36H,13-15,32H2,1-2H3,(H,34,35). The number of benzene rings is 2.